The van der Waals surface area contributed by atoms with Crippen LogP contribution in [0.5, 0.6) is 0 Å². The van der Waals surface area contributed by atoms with E-state index in [2.05, 4.69) is 5.32 Å². The summed E-state index contributed by atoms with van der Waals surface area (Å²) in [4.78, 5) is 36.0. The highest BCUT2D eigenvalue weighted by Crippen LogP contribution is 2.42. The zero-order valence-electron chi connectivity index (χ0n) is 11.6. The molecule has 1 aliphatic carbocycles. The molecule has 110 valence electrons. The molecule has 1 aromatic heterocycles. The number of hydrogen-bond acceptors (Lipinski definition) is 4. The maximum Gasteiger partial charge on any atom is 0.262 e. The van der Waals surface area contributed by atoms with Crippen LogP contribution in [-0.4, -0.2) is 16.4 Å². The first-order valence-electron chi connectivity index (χ1n) is 7.08. The van der Waals surface area contributed by atoms with Crippen LogP contribution in [0.15, 0.2) is 35.1 Å². The highest BCUT2D eigenvalue weighted by Gasteiger charge is 2.33. The molecule has 2 aliphatic rings. The van der Waals surface area contributed by atoms with Crippen molar-refractivity contribution in [1.29, 1.82) is 0 Å². The second kappa shape index (κ2) is 4.30. The number of nitrogens with two attached hydrogens (primary N) is 1. The largest absolute Gasteiger partial charge is 0.384 e. The molecule has 1 fully saturated rings. The number of anilines is 1. The Morgan fingerprint density at radius 2 is 1.82 bits per heavy atom. The van der Waals surface area contributed by atoms with Gasteiger partial charge in [-0.2, -0.15) is 0 Å². The van der Waals surface area contributed by atoms with Gasteiger partial charge < -0.3 is 5.73 Å². The summed E-state index contributed by atoms with van der Waals surface area (Å²) >= 11 is 0. The molecule has 1 aromatic carbocycles. The fraction of sp³-hybridized carbons (Fsp3) is 0.188. The van der Waals surface area contributed by atoms with Crippen molar-refractivity contribution in [3.8, 4) is 5.69 Å². The quantitative estimate of drug-likeness (QED) is 0.813. The van der Waals surface area contributed by atoms with Crippen LogP contribution in [0.3, 0.4) is 0 Å². The molecular formula is C16H13N3O3. The average Bonchev–Trinajstić information content (AvgIpc) is 3.27. The molecule has 2 heterocycles. The summed E-state index contributed by atoms with van der Waals surface area (Å²) in [5, 5.41) is 2.17. The third kappa shape index (κ3) is 1.70. The minimum atomic E-state index is -0.577. The standard InChI is InChI=1S/C16H13N3O3/c17-14-13-10(15(21)18-16(13)22)7-12(20)19(14)11-4-2-1-3-9(11)8-5-6-8/h1-4,7-8H,5-6,17H2,(H,18,21,22). The number of nitrogen functional groups attached to an aromatic ring is 1. The number of carbonyl (C=O) groups excluding carboxylic acids is 2. The van der Waals surface area contributed by atoms with Gasteiger partial charge in [-0.3, -0.25) is 24.3 Å². The molecule has 1 saturated carbocycles. The molecule has 6 nitrogen and oxygen atoms in total. The number of para-hydroxylation sites is 1. The first-order chi connectivity index (χ1) is 10.6. The van der Waals surface area contributed by atoms with E-state index in [1.165, 1.54) is 10.6 Å². The molecule has 0 unspecified atom stereocenters. The molecule has 0 spiro atoms. The number of carbonyl (C=O) groups is 2. The molecule has 2 aromatic rings. The number of benzene rings is 1. The van der Waals surface area contributed by atoms with Crippen molar-refractivity contribution >= 4 is 17.6 Å². The van der Waals surface area contributed by atoms with Gasteiger partial charge in [0.15, 0.2) is 0 Å². The summed E-state index contributed by atoms with van der Waals surface area (Å²) in [7, 11) is 0. The first-order valence-corrected chi connectivity index (χ1v) is 7.08. The monoisotopic (exact) mass is 295 g/mol. The van der Waals surface area contributed by atoms with Crippen molar-refractivity contribution < 1.29 is 9.59 Å². The number of imide groups is 1. The Labute approximate surface area is 125 Å². The lowest BCUT2D eigenvalue weighted by atomic mass is 10.1. The fourth-order valence-corrected chi connectivity index (χ4v) is 2.96. The Kier molecular flexibility index (Phi) is 2.51. The third-order valence-corrected chi connectivity index (χ3v) is 4.15. The number of pyridine rings is 1. The summed E-state index contributed by atoms with van der Waals surface area (Å²) in [5.41, 5.74) is 7.50. The molecule has 2 amide bonds. The molecule has 6 heteroatoms. The van der Waals surface area contributed by atoms with Gasteiger partial charge in [0.1, 0.15) is 5.82 Å². The zero-order chi connectivity index (χ0) is 15.4. The number of rotatable bonds is 2. The van der Waals surface area contributed by atoms with Crippen molar-refractivity contribution in [3.63, 3.8) is 0 Å². The lowest BCUT2D eigenvalue weighted by Crippen LogP contribution is -2.24. The van der Waals surface area contributed by atoms with E-state index in [0.717, 1.165) is 18.4 Å². The topological polar surface area (TPSA) is 94.2 Å². The van der Waals surface area contributed by atoms with Gasteiger partial charge in [-0.05, 0) is 30.4 Å². The Hall–Kier alpha value is -2.89. The number of nitrogens with one attached hydrogen (secondary N) is 1. The minimum absolute atomic E-state index is 0.0129. The summed E-state index contributed by atoms with van der Waals surface area (Å²) in [6.07, 6.45) is 2.16. The molecule has 0 bridgehead atoms. The van der Waals surface area contributed by atoms with Crippen LogP contribution >= 0.6 is 0 Å². The molecule has 0 radical (unpaired) electrons. The van der Waals surface area contributed by atoms with Crippen LogP contribution in [0, 0.1) is 0 Å². The van der Waals surface area contributed by atoms with Crippen LogP contribution < -0.4 is 16.6 Å². The lowest BCUT2D eigenvalue weighted by molar-refractivity contribution is 0.0880. The summed E-state index contributed by atoms with van der Waals surface area (Å²) < 4.78 is 1.32. The highest BCUT2D eigenvalue weighted by atomic mass is 16.2. The van der Waals surface area contributed by atoms with E-state index in [1.807, 2.05) is 24.3 Å². The molecule has 1 aliphatic heterocycles. The van der Waals surface area contributed by atoms with E-state index in [9.17, 15) is 14.4 Å². The van der Waals surface area contributed by atoms with Crippen LogP contribution in [0.1, 0.15) is 45.0 Å². The van der Waals surface area contributed by atoms with Crippen molar-refractivity contribution in [2.45, 2.75) is 18.8 Å². The number of nitrogens with zero attached hydrogens (tertiary/aromatic N) is 1. The van der Waals surface area contributed by atoms with Crippen molar-refractivity contribution in [1.82, 2.24) is 9.88 Å². The normalized spacial score (nSPS) is 16.5. The summed E-state index contributed by atoms with van der Waals surface area (Å²) in [5.74, 6) is -0.702. The van der Waals surface area contributed by atoms with E-state index in [0.29, 0.717) is 11.6 Å². The highest BCUT2D eigenvalue weighted by molar-refractivity contribution is 6.23. The van der Waals surface area contributed by atoms with Gasteiger partial charge in [-0.15, -0.1) is 0 Å². The molecule has 3 N–H and O–H groups in total. The second-order valence-corrected chi connectivity index (χ2v) is 5.61. The minimum Gasteiger partial charge on any atom is -0.384 e. The van der Waals surface area contributed by atoms with E-state index in [1.54, 1.807) is 0 Å². The van der Waals surface area contributed by atoms with E-state index < -0.39 is 17.4 Å². The Balaban J connectivity index is 2.02. The van der Waals surface area contributed by atoms with Crippen molar-refractivity contribution in [2.24, 2.45) is 0 Å². The number of hydrogen-bond donors (Lipinski definition) is 2. The van der Waals surface area contributed by atoms with Crippen molar-refractivity contribution in [3.05, 3.63) is 57.4 Å². The van der Waals surface area contributed by atoms with Gasteiger partial charge in [0, 0.05) is 6.07 Å². The lowest BCUT2D eigenvalue weighted by Gasteiger charge is -2.15. The Bertz CT molecular complexity index is 894. The molecule has 4 rings (SSSR count). The van der Waals surface area contributed by atoms with Crippen LogP contribution in [0.2, 0.25) is 0 Å². The molecule has 0 saturated heterocycles. The molecule has 22 heavy (non-hydrogen) atoms. The SMILES string of the molecule is Nc1c2c(cc(=O)n1-c1ccccc1C1CC1)C(=O)NC2=O. The predicted octanol–water partition coefficient (Wildman–Crippen LogP) is 1.18. The number of aromatic nitrogens is 1. The average molecular weight is 295 g/mol. The van der Waals surface area contributed by atoms with Gasteiger partial charge in [-0.25, -0.2) is 0 Å². The zero-order valence-corrected chi connectivity index (χ0v) is 11.6. The van der Waals surface area contributed by atoms with Crippen LogP contribution in [-0.2, 0) is 0 Å². The summed E-state index contributed by atoms with van der Waals surface area (Å²) in [6.45, 7) is 0. The first kappa shape index (κ1) is 12.8. The van der Waals surface area contributed by atoms with E-state index in [4.69, 9.17) is 5.73 Å². The maximum atomic E-state index is 12.4. The Morgan fingerprint density at radius 1 is 1.09 bits per heavy atom. The van der Waals surface area contributed by atoms with Gasteiger partial charge >= 0.3 is 0 Å². The van der Waals surface area contributed by atoms with Crippen LogP contribution in [0.4, 0.5) is 5.82 Å². The predicted molar refractivity (Wildman–Crippen MR) is 80.2 cm³/mol. The van der Waals surface area contributed by atoms with Gasteiger partial charge in [0.05, 0.1) is 16.8 Å². The molecule has 0 atom stereocenters. The smallest absolute Gasteiger partial charge is 0.262 e. The molecular weight excluding hydrogens is 282 g/mol. The van der Waals surface area contributed by atoms with Gasteiger partial charge in [0.2, 0.25) is 0 Å². The third-order valence-electron chi connectivity index (χ3n) is 4.15. The maximum absolute atomic E-state index is 12.4. The fourth-order valence-electron chi connectivity index (χ4n) is 2.96. The van der Waals surface area contributed by atoms with Crippen LogP contribution in [0.25, 0.3) is 5.69 Å². The number of fused-ring (bicyclic) bond motifs is 1. The van der Waals surface area contributed by atoms with Crippen molar-refractivity contribution in [2.75, 3.05) is 5.73 Å². The summed E-state index contributed by atoms with van der Waals surface area (Å²) in [6, 6.07) is 8.70. The Morgan fingerprint density at radius 3 is 2.55 bits per heavy atom. The second-order valence-electron chi connectivity index (χ2n) is 5.61. The van der Waals surface area contributed by atoms with Gasteiger partial charge in [-0.1, -0.05) is 18.2 Å². The van der Waals surface area contributed by atoms with Gasteiger partial charge in [0.25, 0.3) is 17.4 Å². The van der Waals surface area contributed by atoms with E-state index in [-0.39, 0.29) is 16.9 Å². The number of amides is 2. The van der Waals surface area contributed by atoms with E-state index >= 15 is 0 Å².